The topological polar surface area (TPSA) is 88.0 Å². The van der Waals surface area contributed by atoms with E-state index in [9.17, 15) is 14.7 Å². The first kappa shape index (κ1) is 19.1. The zero-order valence-corrected chi connectivity index (χ0v) is 15.3. The first-order chi connectivity index (χ1) is 13.5. The van der Waals surface area contributed by atoms with Crippen molar-refractivity contribution in [2.75, 3.05) is 0 Å². The quantitative estimate of drug-likeness (QED) is 0.296. The summed E-state index contributed by atoms with van der Waals surface area (Å²) < 4.78 is 5.29. The molecule has 3 aromatic carbocycles. The van der Waals surface area contributed by atoms with Gasteiger partial charge >= 0.3 is 5.97 Å². The van der Waals surface area contributed by atoms with E-state index in [0.29, 0.717) is 27.5 Å². The van der Waals surface area contributed by atoms with E-state index in [4.69, 9.17) is 16.3 Å². The number of hydrogen-bond acceptors (Lipinski definition) is 5. The van der Waals surface area contributed by atoms with E-state index in [2.05, 4.69) is 10.5 Å². The second-order valence-corrected chi connectivity index (χ2v) is 6.15. The SMILES string of the molecule is O=C(NN=Cc1ccc(OC(=O)c2ccc(Cl)cc2)cc1)c1ccc(O)cc1. The van der Waals surface area contributed by atoms with E-state index in [-0.39, 0.29) is 5.75 Å². The molecular weight excluding hydrogens is 380 g/mol. The predicted molar refractivity (Wildman–Crippen MR) is 106 cm³/mol. The van der Waals surface area contributed by atoms with Gasteiger partial charge in [-0.2, -0.15) is 5.10 Å². The summed E-state index contributed by atoms with van der Waals surface area (Å²) in [5.74, 6) is -0.425. The maximum absolute atomic E-state index is 12.1. The van der Waals surface area contributed by atoms with Crippen LogP contribution in [0.2, 0.25) is 5.02 Å². The summed E-state index contributed by atoms with van der Waals surface area (Å²) in [7, 11) is 0. The maximum Gasteiger partial charge on any atom is 0.343 e. The summed E-state index contributed by atoms with van der Waals surface area (Å²) >= 11 is 5.80. The monoisotopic (exact) mass is 394 g/mol. The number of halogens is 1. The number of carbonyl (C=O) groups is 2. The highest BCUT2D eigenvalue weighted by Gasteiger charge is 2.08. The van der Waals surface area contributed by atoms with Gasteiger partial charge in [0.05, 0.1) is 11.8 Å². The van der Waals surface area contributed by atoms with Gasteiger partial charge in [-0.15, -0.1) is 0 Å². The number of phenols is 1. The maximum atomic E-state index is 12.1. The molecule has 0 atom stereocenters. The summed E-state index contributed by atoms with van der Waals surface area (Å²) in [5, 5.41) is 13.6. The molecular formula is C21H15ClN2O4. The second-order valence-electron chi connectivity index (χ2n) is 5.71. The predicted octanol–water partition coefficient (Wildman–Crippen LogP) is 4.03. The van der Waals surface area contributed by atoms with Gasteiger partial charge in [0.1, 0.15) is 11.5 Å². The summed E-state index contributed by atoms with van der Waals surface area (Å²) in [4.78, 5) is 24.0. The first-order valence-electron chi connectivity index (χ1n) is 8.21. The minimum absolute atomic E-state index is 0.0805. The molecule has 0 spiro atoms. The van der Waals surface area contributed by atoms with Crippen LogP contribution in [0, 0.1) is 0 Å². The number of amides is 1. The fourth-order valence-corrected chi connectivity index (χ4v) is 2.34. The average Bonchev–Trinajstić information content (AvgIpc) is 2.70. The molecule has 140 valence electrons. The molecule has 7 heteroatoms. The third-order valence-corrected chi connectivity index (χ3v) is 3.93. The zero-order chi connectivity index (χ0) is 19.9. The fraction of sp³-hybridized carbons (Fsp3) is 0. The number of aromatic hydroxyl groups is 1. The Labute approximate surface area is 166 Å². The number of nitrogens with one attached hydrogen (secondary N) is 1. The second kappa shape index (κ2) is 8.83. The van der Waals surface area contributed by atoms with Gasteiger partial charge in [-0.3, -0.25) is 4.79 Å². The van der Waals surface area contributed by atoms with Gasteiger partial charge in [0, 0.05) is 10.6 Å². The van der Waals surface area contributed by atoms with Gasteiger partial charge in [-0.1, -0.05) is 11.6 Å². The van der Waals surface area contributed by atoms with E-state index in [0.717, 1.165) is 0 Å². The van der Waals surface area contributed by atoms with Crippen LogP contribution in [-0.4, -0.2) is 23.2 Å². The lowest BCUT2D eigenvalue weighted by atomic mass is 10.2. The lowest BCUT2D eigenvalue weighted by Crippen LogP contribution is -2.17. The highest BCUT2D eigenvalue weighted by Crippen LogP contribution is 2.15. The normalized spacial score (nSPS) is 10.6. The fourth-order valence-electron chi connectivity index (χ4n) is 2.22. The molecule has 0 unspecified atom stereocenters. The number of carbonyl (C=O) groups excluding carboxylic acids is 2. The number of ether oxygens (including phenoxy) is 1. The Morgan fingerprint density at radius 3 is 2.14 bits per heavy atom. The average molecular weight is 395 g/mol. The molecule has 0 aliphatic heterocycles. The third-order valence-electron chi connectivity index (χ3n) is 3.68. The Balaban J connectivity index is 1.55. The molecule has 2 N–H and O–H groups in total. The molecule has 6 nitrogen and oxygen atoms in total. The van der Waals surface area contributed by atoms with Crippen molar-refractivity contribution in [3.63, 3.8) is 0 Å². The van der Waals surface area contributed by atoms with E-state index < -0.39 is 11.9 Å². The number of hydrazone groups is 1. The molecule has 0 saturated heterocycles. The van der Waals surface area contributed by atoms with Crippen LogP contribution in [0.1, 0.15) is 26.3 Å². The van der Waals surface area contributed by atoms with Gasteiger partial charge in [-0.25, -0.2) is 10.2 Å². The smallest absolute Gasteiger partial charge is 0.343 e. The van der Waals surface area contributed by atoms with Crippen molar-refractivity contribution in [3.05, 3.63) is 94.5 Å². The lowest BCUT2D eigenvalue weighted by molar-refractivity contribution is 0.0734. The number of benzene rings is 3. The molecule has 0 radical (unpaired) electrons. The minimum Gasteiger partial charge on any atom is -0.508 e. The molecule has 3 aromatic rings. The Morgan fingerprint density at radius 2 is 1.50 bits per heavy atom. The van der Waals surface area contributed by atoms with Crippen LogP contribution in [0.3, 0.4) is 0 Å². The molecule has 28 heavy (non-hydrogen) atoms. The summed E-state index contributed by atoms with van der Waals surface area (Å²) in [5.41, 5.74) is 3.87. The molecule has 0 saturated carbocycles. The summed E-state index contributed by atoms with van der Waals surface area (Å²) in [6, 6.07) is 18.9. The Bertz CT molecular complexity index is 998. The number of esters is 1. The van der Waals surface area contributed by atoms with E-state index in [1.54, 1.807) is 48.5 Å². The third kappa shape index (κ3) is 5.18. The molecule has 0 aromatic heterocycles. The molecule has 0 fully saturated rings. The molecule has 0 aliphatic carbocycles. The molecule has 0 aliphatic rings. The van der Waals surface area contributed by atoms with Crippen LogP contribution in [0.5, 0.6) is 11.5 Å². The molecule has 3 rings (SSSR count). The van der Waals surface area contributed by atoms with Crippen molar-refractivity contribution in [1.82, 2.24) is 5.43 Å². The van der Waals surface area contributed by atoms with Gasteiger partial charge in [0.2, 0.25) is 0 Å². The van der Waals surface area contributed by atoms with Crippen molar-refractivity contribution < 1.29 is 19.4 Å². The van der Waals surface area contributed by atoms with E-state index in [1.807, 2.05) is 0 Å². The van der Waals surface area contributed by atoms with Crippen molar-refractivity contribution in [1.29, 1.82) is 0 Å². The highest BCUT2D eigenvalue weighted by molar-refractivity contribution is 6.30. The first-order valence-corrected chi connectivity index (χ1v) is 8.59. The number of hydrogen-bond donors (Lipinski definition) is 2. The van der Waals surface area contributed by atoms with Gasteiger partial charge in [-0.05, 0) is 78.4 Å². The highest BCUT2D eigenvalue weighted by atomic mass is 35.5. The van der Waals surface area contributed by atoms with Gasteiger partial charge in [0.25, 0.3) is 5.91 Å². The van der Waals surface area contributed by atoms with Crippen LogP contribution in [0.25, 0.3) is 0 Å². The largest absolute Gasteiger partial charge is 0.508 e. The van der Waals surface area contributed by atoms with Crippen molar-refractivity contribution in [2.45, 2.75) is 0 Å². The Hall–Kier alpha value is -3.64. The van der Waals surface area contributed by atoms with Gasteiger partial charge in [0.15, 0.2) is 0 Å². The van der Waals surface area contributed by atoms with Crippen molar-refractivity contribution in [2.24, 2.45) is 5.10 Å². The van der Waals surface area contributed by atoms with Crippen LogP contribution >= 0.6 is 11.6 Å². The van der Waals surface area contributed by atoms with Crippen molar-refractivity contribution in [3.8, 4) is 11.5 Å². The van der Waals surface area contributed by atoms with E-state index in [1.165, 1.54) is 30.5 Å². The lowest BCUT2D eigenvalue weighted by Gasteiger charge is -2.05. The number of rotatable bonds is 5. The number of nitrogens with zero attached hydrogens (tertiary/aromatic N) is 1. The van der Waals surface area contributed by atoms with Crippen LogP contribution in [-0.2, 0) is 0 Å². The molecule has 0 heterocycles. The zero-order valence-electron chi connectivity index (χ0n) is 14.5. The van der Waals surface area contributed by atoms with Crippen molar-refractivity contribution >= 4 is 29.7 Å². The van der Waals surface area contributed by atoms with Gasteiger partial charge < -0.3 is 9.84 Å². The summed E-state index contributed by atoms with van der Waals surface area (Å²) in [6.45, 7) is 0. The van der Waals surface area contributed by atoms with E-state index >= 15 is 0 Å². The summed E-state index contributed by atoms with van der Waals surface area (Å²) in [6.07, 6.45) is 1.46. The standard InChI is InChI=1S/C21H15ClN2O4/c22-17-7-3-16(4-8-17)21(27)28-19-11-1-14(2-12-19)13-23-24-20(26)15-5-9-18(25)10-6-15/h1-13,25H,(H,24,26). The Morgan fingerprint density at radius 1 is 0.893 bits per heavy atom. The molecule has 0 bridgehead atoms. The van der Waals surface area contributed by atoms with Crippen LogP contribution in [0.15, 0.2) is 77.9 Å². The number of phenolic OH excluding ortho intramolecular Hbond substituents is 1. The molecule has 1 amide bonds. The minimum atomic E-state index is -0.487. The van der Waals surface area contributed by atoms with Crippen LogP contribution < -0.4 is 10.2 Å². The Kier molecular flexibility index (Phi) is 6.04. The van der Waals surface area contributed by atoms with Crippen LogP contribution in [0.4, 0.5) is 0 Å².